The Kier molecular flexibility index (Phi) is 12.2. The van der Waals surface area contributed by atoms with Gasteiger partial charge in [0, 0.05) is 43.5 Å². The number of Topliss-reactive ketones (excluding diaryl/α,β-unsaturated/α-hetero) is 1. The van der Waals surface area contributed by atoms with Crippen LogP contribution in [0.3, 0.4) is 0 Å². The number of methoxy groups -OCH3 is 1. The first-order chi connectivity index (χ1) is 25.6. The average Bonchev–Trinajstić information content (AvgIpc) is 3.62. The lowest BCUT2D eigenvalue weighted by atomic mass is 9.72. The van der Waals surface area contributed by atoms with E-state index in [1.54, 1.807) is 7.11 Å². The smallest absolute Gasteiger partial charge is 0.177 e. The predicted octanol–water partition coefficient (Wildman–Crippen LogP) is 6.72. The fourth-order valence-electron chi connectivity index (χ4n) is 9.58. The number of benzene rings is 1. The summed E-state index contributed by atoms with van der Waals surface area (Å²) in [6, 6.07) is 10.2. The van der Waals surface area contributed by atoms with Gasteiger partial charge in [0.15, 0.2) is 29.2 Å². The summed E-state index contributed by atoms with van der Waals surface area (Å²) in [5.74, 6) is 1.06. The van der Waals surface area contributed by atoms with Crippen molar-refractivity contribution in [1.29, 1.82) is 0 Å². The topological polar surface area (TPSA) is 100 Å². The van der Waals surface area contributed by atoms with Crippen LogP contribution in [0.25, 0.3) is 0 Å². The molecule has 0 N–H and O–H groups in total. The van der Waals surface area contributed by atoms with E-state index in [4.69, 9.17) is 42.6 Å². The molecule has 0 saturated carbocycles. The summed E-state index contributed by atoms with van der Waals surface area (Å²) < 4.78 is 59.2. The molecule has 7 saturated heterocycles. The fraction of sp³-hybridized carbons (Fsp3) is 0.821. The Balaban J connectivity index is 1.10. The Labute approximate surface area is 331 Å². The quantitative estimate of drug-likeness (QED) is 0.165. The summed E-state index contributed by atoms with van der Waals surface area (Å²) in [6.07, 6.45) is 2.60. The first kappa shape index (κ1) is 39.7. The SMILES string of the molecule is COCO[C@@H]1CCS[C@@H]2SC[C@@H](C(OC3CCCCO3)C3CS[C@@H]4SC[C@@H](CCOCc5ccccc5)[C@H]5OC(C)(C)O[C@@]45C3=O)[C@H]3OC(C)(C)O[C@@]231. The van der Waals surface area contributed by atoms with Crippen LogP contribution < -0.4 is 0 Å². The summed E-state index contributed by atoms with van der Waals surface area (Å²) in [6.45, 7) is 9.86. The van der Waals surface area contributed by atoms with E-state index in [1.807, 2.05) is 92.9 Å². The van der Waals surface area contributed by atoms with Gasteiger partial charge in [0.25, 0.3) is 0 Å². The molecule has 0 aromatic heterocycles. The predicted molar refractivity (Wildman–Crippen MR) is 209 cm³/mol. The van der Waals surface area contributed by atoms with E-state index in [2.05, 4.69) is 12.1 Å². The minimum atomic E-state index is -1.11. The van der Waals surface area contributed by atoms with Crippen molar-refractivity contribution in [2.24, 2.45) is 17.8 Å². The normalized spacial score (nSPS) is 42.3. The molecular formula is C39H56O10S4. The van der Waals surface area contributed by atoms with Gasteiger partial charge < -0.3 is 42.6 Å². The molecule has 296 valence electrons. The molecule has 0 radical (unpaired) electrons. The molecule has 7 heterocycles. The molecule has 0 bridgehead atoms. The molecular weight excluding hydrogens is 757 g/mol. The number of carbonyl (C=O) groups excluding carboxylic acids is 1. The van der Waals surface area contributed by atoms with Crippen molar-refractivity contribution >= 4 is 52.8 Å². The molecule has 7 aliphatic rings. The van der Waals surface area contributed by atoms with Gasteiger partial charge in [-0.05, 0) is 77.0 Å². The van der Waals surface area contributed by atoms with Crippen LogP contribution in [0.15, 0.2) is 30.3 Å². The van der Waals surface area contributed by atoms with Gasteiger partial charge >= 0.3 is 0 Å². The number of rotatable bonds is 12. The number of ether oxygens (including phenoxy) is 9. The van der Waals surface area contributed by atoms with Crippen LogP contribution in [-0.4, -0.2) is 119 Å². The fourth-order valence-corrected chi connectivity index (χ4v) is 16.4. The van der Waals surface area contributed by atoms with Crippen LogP contribution in [0, 0.1) is 17.8 Å². The minimum absolute atomic E-state index is 0.0749. The van der Waals surface area contributed by atoms with Crippen molar-refractivity contribution in [3.63, 3.8) is 0 Å². The van der Waals surface area contributed by atoms with Crippen LogP contribution in [0.4, 0.5) is 0 Å². The van der Waals surface area contributed by atoms with E-state index in [9.17, 15) is 0 Å². The number of hydrogen-bond acceptors (Lipinski definition) is 14. The van der Waals surface area contributed by atoms with Gasteiger partial charge in [-0.15, -0.1) is 47.0 Å². The molecule has 7 fully saturated rings. The Morgan fingerprint density at radius 2 is 1.66 bits per heavy atom. The highest BCUT2D eigenvalue weighted by atomic mass is 32.2. The van der Waals surface area contributed by atoms with Crippen molar-refractivity contribution in [3.8, 4) is 0 Å². The van der Waals surface area contributed by atoms with Crippen LogP contribution in [0.1, 0.15) is 65.4 Å². The minimum Gasteiger partial charge on any atom is -0.377 e. The highest BCUT2D eigenvalue weighted by Gasteiger charge is 2.72. The third kappa shape index (κ3) is 7.67. The van der Waals surface area contributed by atoms with Crippen LogP contribution in [0.2, 0.25) is 0 Å². The Hall–Kier alpha value is -0.0700. The van der Waals surface area contributed by atoms with Crippen molar-refractivity contribution in [3.05, 3.63) is 35.9 Å². The van der Waals surface area contributed by atoms with Gasteiger partial charge in [-0.2, -0.15) is 0 Å². The maximum atomic E-state index is 15.6. The van der Waals surface area contributed by atoms with Gasteiger partial charge in [0.05, 0.1) is 33.9 Å². The van der Waals surface area contributed by atoms with Crippen LogP contribution >= 0.6 is 47.0 Å². The molecule has 8 rings (SSSR count). The molecule has 10 nitrogen and oxygen atoms in total. The van der Waals surface area contributed by atoms with Gasteiger partial charge in [-0.1, -0.05) is 30.3 Å². The van der Waals surface area contributed by atoms with Gasteiger partial charge in [-0.25, -0.2) is 0 Å². The zero-order valence-corrected chi connectivity index (χ0v) is 34.8. The largest absolute Gasteiger partial charge is 0.377 e. The van der Waals surface area contributed by atoms with Gasteiger partial charge in [0.2, 0.25) is 0 Å². The molecule has 2 spiro atoms. The zero-order chi connectivity index (χ0) is 36.8. The van der Waals surface area contributed by atoms with Crippen molar-refractivity contribution in [2.45, 2.75) is 129 Å². The van der Waals surface area contributed by atoms with Crippen LogP contribution in [0.5, 0.6) is 0 Å². The highest BCUT2D eigenvalue weighted by molar-refractivity contribution is 8.17. The standard InChI is InChI=1S/C39H56O10S4/c1-36(2)46-32-25(14-17-42-19-24-11-7-6-8-12-24)20-51-35-39(32,49-36)31(40)26(21-52-35)30(45-29-13-9-10-16-43-29)27-22-53-34-38(33(27)47-37(3,4)48-38)28(15-18-50-34)44-23-41-5/h6-8,11-12,25-30,32-35H,9-10,13-23H2,1-5H3/t25-,26?,27+,28-,29?,30?,32-,33-,34-,35+,38-,39-/m1/s1. The molecule has 12 atom stereocenters. The van der Waals surface area contributed by atoms with Gasteiger partial charge in [-0.3, -0.25) is 4.79 Å². The Morgan fingerprint density at radius 3 is 2.45 bits per heavy atom. The summed E-state index contributed by atoms with van der Waals surface area (Å²) in [5, 5.41) is 0. The third-order valence-electron chi connectivity index (χ3n) is 11.7. The Morgan fingerprint density at radius 1 is 0.887 bits per heavy atom. The monoisotopic (exact) mass is 812 g/mol. The van der Waals surface area contributed by atoms with E-state index in [-0.39, 0.29) is 58.2 Å². The van der Waals surface area contributed by atoms with Crippen molar-refractivity contribution in [1.82, 2.24) is 0 Å². The molecule has 0 aliphatic carbocycles. The number of hydrogen-bond donors (Lipinski definition) is 0. The van der Waals surface area contributed by atoms with Crippen molar-refractivity contribution in [2.75, 3.05) is 50.1 Å². The van der Waals surface area contributed by atoms with E-state index < -0.39 is 34.8 Å². The van der Waals surface area contributed by atoms with E-state index in [0.717, 1.165) is 54.9 Å². The lowest BCUT2D eigenvalue weighted by Crippen LogP contribution is -2.69. The molecule has 3 unspecified atom stereocenters. The maximum absolute atomic E-state index is 15.6. The molecule has 53 heavy (non-hydrogen) atoms. The third-order valence-corrected chi connectivity index (χ3v) is 18.2. The molecule has 1 aromatic rings. The highest BCUT2D eigenvalue weighted by Crippen LogP contribution is 2.62. The molecule has 0 amide bonds. The molecule has 14 heteroatoms. The van der Waals surface area contributed by atoms with Crippen LogP contribution in [-0.2, 0) is 54.0 Å². The lowest BCUT2D eigenvalue weighted by molar-refractivity contribution is -0.225. The van der Waals surface area contributed by atoms with E-state index >= 15 is 4.79 Å². The summed E-state index contributed by atoms with van der Waals surface area (Å²) in [4.78, 5) is 15.6. The van der Waals surface area contributed by atoms with E-state index in [1.165, 1.54) is 0 Å². The second-order valence-corrected chi connectivity index (χ2v) is 21.5. The summed E-state index contributed by atoms with van der Waals surface area (Å²) in [7, 11) is 1.65. The second kappa shape index (κ2) is 16.3. The first-order valence-electron chi connectivity index (χ1n) is 19.3. The lowest BCUT2D eigenvalue weighted by Gasteiger charge is -2.55. The Bertz CT molecular complexity index is 1420. The number of thioether (sulfide) groups is 4. The summed E-state index contributed by atoms with van der Waals surface area (Å²) >= 11 is 7.48. The summed E-state index contributed by atoms with van der Waals surface area (Å²) in [5.41, 5.74) is -0.698. The zero-order valence-electron chi connectivity index (χ0n) is 31.6. The molecule has 1 aromatic carbocycles. The van der Waals surface area contributed by atoms with Crippen molar-refractivity contribution < 1.29 is 47.4 Å². The average molecular weight is 813 g/mol. The number of carbonyl (C=O) groups is 1. The van der Waals surface area contributed by atoms with E-state index in [0.29, 0.717) is 25.6 Å². The van der Waals surface area contributed by atoms with Gasteiger partial charge in [0.1, 0.15) is 24.6 Å². The number of ketones is 1. The first-order valence-corrected chi connectivity index (χ1v) is 23.5. The maximum Gasteiger partial charge on any atom is 0.177 e. The second-order valence-electron chi connectivity index (χ2n) is 16.2. The molecule has 7 aliphatic heterocycles.